The van der Waals surface area contributed by atoms with E-state index in [2.05, 4.69) is 10.4 Å². The number of aromatic nitrogens is 2. The molecule has 0 radical (unpaired) electrons. The lowest BCUT2D eigenvalue weighted by molar-refractivity contribution is -0.118. The Kier molecular flexibility index (Phi) is 4.76. The van der Waals surface area contributed by atoms with Gasteiger partial charge in [0.1, 0.15) is 17.4 Å². The maximum absolute atomic E-state index is 12.8. The summed E-state index contributed by atoms with van der Waals surface area (Å²) >= 11 is 0. The summed E-state index contributed by atoms with van der Waals surface area (Å²) in [5.74, 6) is 0.158. The van der Waals surface area contributed by atoms with E-state index in [4.69, 9.17) is 4.74 Å². The molecule has 2 heterocycles. The first-order chi connectivity index (χ1) is 11.8. The summed E-state index contributed by atoms with van der Waals surface area (Å²) < 4.78 is 43.0. The molecule has 1 saturated heterocycles. The summed E-state index contributed by atoms with van der Waals surface area (Å²) in [6.07, 6.45) is 0.471. The second kappa shape index (κ2) is 6.83. The van der Waals surface area contributed by atoms with Crippen LogP contribution in [0.5, 0.6) is 5.75 Å². The van der Waals surface area contributed by atoms with Crippen molar-refractivity contribution in [3.8, 4) is 5.75 Å². The maximum atomic E-state index is 12.8. The Hall–Kier alpha value is -2.42. The van der Waals surface area contributed by atoms with Gasteiger partial charge in [-0.15, -0.1) is 0 Å². The minimum atomic E-state index is -3.06. The molecule has 2 aromatic rings. The lowest BCUT2D eigenvalue weighted by Gasteiger charge is -2.14. The van der Waals surface area contributed by atoms with Crippen molar-refractivity contribution in [2.24, 2.45) is 0 Å². The van der Waals surface area contributed by atoms with Crippen LogP contribution in [-0.2, 0) is 14.6 Å². The number of carbonyl (C=O) groups excluding carboxylic acids is 1. The van der Waals surface area contributed by atoms with Crippen LogP contribution in [0.1, 0.15) is 18.2 Å². The van der Waals surface area contributed by atoms with Gasteiger partial charge in [-0.1, -0.05) is 0 Å². The van der Waals surface area contributed by atoms with Crippen LogP contribution in [0.3, 0.4) is 0 Å². The Morgan fingerprint density at radius 2 is 2.12 bits per heavy atom. The zero-order chi connectivity index (χ0) is 18.0. The largest absolute Gasteiger partial charge is 0.484 e. The first kappa shape index (κ1) is 17.4. The van der Waals surface area contributed by atoms with Crippen LogP contribution in [0.4, 0.5) is 10.2 Å². The summed E-state index contributed by atoms with van der Waals surface area (Å²) in [7, 11) is -3.06. The van der Waals surface area contributed by atoms with Crippen molar-refractivity contribution in [1.82, 2.24) is 9.78 Å². The molecule has 1 aromatic heterocycles. The Balaban J connectivity index is 1.64. The second-order valence-corrected chi connectivity index (χ2v) is 8.19. The summed E-state index contributed by atoms with van der Waals surface area (Å²) in [5, 5.41) is 6.98. The third-order valence-corrected chi connectivity index (χ3v) is 5.61. The minimum absolute atomic E-state index is 0.0169. The minimum Gasteiger partial charge on any atom is -0.484 e. The number of rotatable bonds is 5. The lowest BCUT2D eigenvalue weighted by Crippen LogP contribution is -2.23. The highest BCUT2D eigenvalue weighted by Crippen LogP contribution is 2.27. The molecular formula is C16H18FN3O4S. The normalized spacial score (nSPS) is 18.9. The molecule has 9 heteroatoms. The number of ether oxygens (including phenoxy) is 1. The van der Waals surface area contributed by atoms with E-state index in [0.717, 1.165) is 0 Å². The molecule has 1 aliphatic rings. The molecule has 1 N–H and O–H groups in total. The Morgan fingerprint density at radius 3 is 2.76 bits per heavy atom. The van der Waals surface area contributed by atoms with E-state index in [0.29, 0.717) is 23.7 Å². The maximum Gasteiger partial charge on any atom is 0.263 e. The zero-order valence-electron chi connectivity index (χ0n) is 13.6. The van der Waals surface area contributed by atoms with Gasteiger partial charge in [0.25, 0.3) is 5.91 Å². The highest BCUT2D eigenvalue weighted by Gasteiger charge is 2.31. The zero-order valence-corrected chi connectivity index (χ0v) is 14.4. The van der Waals surface area contributed by atoms with Crippen LogP contribution in [0, 0.1) is 12.7 Å². The Bertz CT molecular complexity index is 877. The van der Waals surface area contributed by atoms with Crippen molar-refractivity contribution < 1.29 is 22.3 Å². The van der Waals surface area contributed by atoms with E-state index >= 15 is 0 Å². The SMILES string of the molecule is Cc1cc(NC(=O)COc2ccc(F)cc2)n(C2CCS(=O)(=O)C2)n1. The van der Waals surface area contributed by atoms with Crippen molar-refractivity contribution >= 4 is 21.6 Å². The quantitative estimate of drug-likeness (QED) is 0.869. The summed E-state index contributed by atoms with van der Waals surface area (Å²) in [5.41, 5.74) is 0.680. The Morgan fingerprint density at radius 1 is 1.40 bits per heavy atom. The number of anilines is 1. The first-order valence-corrected chi connectivity index (χ1v) is 9.59. The Labute approximate surface area is 144 Å². The molecule has 1 aliphatic heterocycles. The van der Waals surface area contributed by atoms with Gasteiger partial charge < -0.3 is 10.1 Å². The van der Waals surface area contributed by atoms with Crippen LogP contribution in [0.15, 0.2) is 30.3 Å². The van der Waals surface area contributed by atoms with E-state index in [1.54, 1.807) is 17.7 Å². The topological polar surface area (TPSA) is 90.3 Å². The number of hydrogen-bond acceptors (Lipinski definition) is 5. The predicted octanol–water partition coefficient (Wildman–Crippen LogP) is 1.71. The molecule has 1 unspecified atom stereocenters. The number of hydrogen-bond donors (Lipinski definition) is 1. The number of halogens is 1. The van der Waals surface area contributed by atoms with E-state index in [9.17, 15) is 17.6 Å². The molecular weight excluding hydrogens is 349 g/mol. The number of aryl methyl sites for hydroxylation is 1. The highest BCUT2D eigenvalue weighted by atomic mass is 32.2. The molecule has 1 aromatic carbocycles. The van der Waals surface area contributed by atoms with Crippen molar-refractivity contribution in [3.05, 3.63) is 41.8 Å². The average Bonchev–Trinajstić information content (AvgIpc) is 3.08. The van der Waals surface area contributed by atoms with Gasteiger partial charge in [0.05, 0.1) is 23.2 Å². The van der Waals surface area contributed by atoms with Crippen LogP contribution >= 0.6 is 0 Å². The monoisotopic (exact) mass is 367 g/mol. The summed E-state index contributed by atoms with van der Waals surface area (Å²) in [6.45, 7) is 1.52. The molecule has 134 valence electrons. The molecule has 1 atom stereocenters. The number of sulfone groups is 1. The fraction of sp³-hybridized carbons (Fsp3) is 0.375. The third-order valence-electron chi connectivity index (χ3n) is 3.86. The van der Waals surface area contributed by atoms with Gasteiger partial charge >= 0.3 is 0 Å². The smallest absolute Gasteiger partial charge is 0.263 e. The van der Waals surface area contributed by atoms with E-state index in [1.165, 1.54) is 24.3 Å². The van der Waals surface area contributed by atoms with Crippen LogP contribution in [0.2, 0.25) is 0 Å². The van der Waals surface area contributed by atoms with Crippen molar-refractivity contribution in [3.63, 3.8) is 0 Å². The fourth-order valence-corrected chi connectivity index (χ4v) is 4.41. The van der Waals surface area contributed by atoms with E-state index in [1.807, 2.05) is 0 Å². The molecule has 1 fully saturated rings. The molecule has 1 amide bonds. The first-order valence-electron chi connectivity index (χ1n) is 7.77. The van der Waals surface area contributed by atoms with Gasteiger partial charge in [-0.2, -0.15) is 5.10 Å². The van der Waals surface area contributed by atoms with Crippen LogP contribution in [0.25, 0.3) is 0 Å². The van der Waals surface area contributed by atoms with Crippen LogP contribution < -0.4 is 10.1 Å². The molecule has 3 rings (SSSR count). The van der Waals surface area contributed by atoms with Crippen molar-refractivity contribution in [2.75, 3.05) is 23.4 Å². The average molecular weight is 367 g/mol. The molecule has 0 saturated carbocycles. The van der Waals surface area contributed by atoms with Crippen LogP contribution in [-0.4, -0.2) is 42.2 Å². The molecule has 25 heavy (non-hydrogen) atoms. The number of carbonyl (C=O) groups is 1. The van der Waals surface area contributed by atoms with Gasteiger partial charge in [0.2, 0.25) is 0 Å². The summed E-state index contributed by atoms with van der Waals surface area (Å²) in [4.78, 5) is 12.1. The van der Waals surface area contributed by atoms with Gasteiger partial charge in [-0.25, -0.2) is 17.5 Å². The molecule has 7 nitrogen and oxygen atoms in total. The third kappa shape index (κ3) is 4.36. The predicted molar refractivity (Wildman–Crippen MR) is 89.8 cm³/mol. The van der Waals surface area contributed by atoms with Gasteiger partial charge in [0, 0.05) is 6.07 Å². The second-order valence-electron chi connectivity index (χ2n) is 5.96. The van der Waals surface area contributed by atoms with E-state index in [-0.39, 0.29) is 30.0 Å². The van der Waals surface area contributed by atoms with Crippen molar-refractivity contribution in [2.45, 2.75) is 19.4 Å². The van der Waals surface area contributed by atoms with Gasteiger partial charge in [-0.3, -0.25) is 4.79 Å². The standard InChI is InChI=1S/C16H18FN3O4S/c1-11-8-15(20(19-11)13-6-7-25(22,23)10-13)18-16(21)9-24-14-4-2-12(17)3-5-14/h2-5,8,13H,6-7,9-10H2,1H3,(H,18,21). The van der Waals surface area contributed by atoms with E-state index < -0.39 is 15.7 Å². The molecule has 0 spiro atoms. The summed E-state index contributed by atoms with van der Waals surface area (Å²) in [6, 6.07) is 6.74. The lowest BCUT2D eigenvalue weighted by atomic mass is 10.3. The number of benzene rings is 1. The number of nitrogens with one attached hydrogen (secondary N) is 1. The van der Waals surface area contributed by atoms with Crippen molar-refractivity contribution in [1.29, 1.82) is 0 Å². The number of amides is 1. The number of nitrogens with zero attached hydrogens (tertiary/aromatic N) is 2. The van der Waals surface area contributed by atoms with Gasteiger partial charge in [-0.05, 0) is 37.6 Å². The molecule has 0 aliphatic carbocycles. The highest BCUT2D eigenvalue weighted by molar-refractivity contribution is 7.91. The van der Waals surface area contributed by atoms with Gasteiger partial charge in [0.15, 0.2) is 16.4 Å². The fourth-order valence-electron chi connectivity index (χ4n) is 2.72. The molecule has 0 bridgehead atoms.